The number of carbonyl (C=O) groups is 2. The molecule has 1 heterocycles. The lowest BCUT2D eigenvalue weighted by molar-refractivity contribution is -0.140. The number of anilines is 1. The summed E-state index contributed by atoms with van der Waals surface area (Å²) in [7, 11) is 1.35. The summed E-state index contributed by atoms with van der Waals surface area (Å²) in [6.07, 6.45) is 2.36. The molecule has 0 unspecified atom stereocenters. The van der Waals surface area contributed by atoms with E-state index >= 15 is 0 Å². The van der Waals surface area contributed by atoms with Crippen molar-refractivity contribution in [2.75, 3.05) is 12.4 Å². The van der Waals surface area contributed by atoms with Crippen molar-refractivity contribution in [3.8, 4) is 0 Å². The quantitative estimate of drug-likeness (QED) is 0.776. The Kier molecular flexibility index (Phi) is 4.44. The van der Waals surface area contributed by atoms with Crippen molar-refractivity contribution in [1.82, 2.24) is 4.98 Å². The number of nitrogens with one attached hydrogen (secondary N) is 1. The fourth-order valence-electron chi connectivity index (χ4n) is 1.26. The van der Waals surface area contributed by atoms with Crippen LogP contribution < -0.4 is 5.32 Å². The minimum atomic E-state index is -0.280. The number of esters is 1. The highest BCUT2D eigenvalue weighted by Gasteiger charge is 2.07. The smallest absolute Gasteiger partial charge is 0.305 e. The fourth-order valence-corrected chi connectivity index (χ4v) is 1.26. The van der Waals surface area contributed by atoms with Crippen LogP contribution in [0.5, 0.6) is 0 Å². The normalized spacial score (nSPS) is 9.62. The van der Waals surface area contributed by atoms with Gasteiger partial charge in [-0.3, -0.25) is 9.59 Å². The molecule has 5 nitrogen and oxygen atoms in total. The lowest BCUT2D eigenvalue weighted by atomic mass is 10.1. The molecule has 0 aromatic carbocycles. The minimum absolute atomic E-state index is 0.182. The first-order chi connectivity index (χ1) is 7.63. The van der Waals surface area contributed by atoms with Gasteiger partial charge in [0, 0.05) is 19.5 Å². The van der Waals surface area contributed by atoms with Crippen molar-refractivity contribution in [2.45, 2.75) is 19.8 Å². The molecule has 5 heteroatoms. The van der Waals surface area contributed by atoms with Gasteiger partial charge in [-0.15, -0.1) is 0 Å². The van der Waals surface area contributed by atoms with Crippen LogP contribution in [-0.2, 0) is 20.7 Å². The van der Waals surface area contributed by atoms with Gasteiger partial charge in [0.1, 0.15) is 5.82 Å². The standard InChI is InChI=1S/C11H14N2O3/c1-8(14)13-11-9(4-3-7-12-11)5-6-10(15)16-2/h3-4,7H,5-6H2,1-2H3,(H,12,13,14). The maximum atomic E-state index is 11.0. The molecular formula is C11H14N2O3. The molecule has 86 valence electrons. The zero-order chi connectivity index (χ0) is 12.0. The van der Waals surface area contributed by atoms with Gasteiger partial charge in [-0.05, 0) is 18.1 Å². The first-order valence-electron chi connectivity index (χ1n) is 4.91. The monoisotopic (exact) mass is 222 g/mol. The van der Waals surface area contributed by atoms with Crippen LogP contribution in [-0.4, -0.2) is 24.0 Å². The van der Waals surface area contributed by atoms with Crippen LogP contribution in [0.2, 0.25) is 0 Å². The summed E-state index contributed by atoms with van der Waals surface area (Å²) in [5.41, 5.74) is 0.822. The van der Waals surface area contributed by atoms with E-state index in [9.17, 15) is 9.59 Å². The zero-order valence-corrected chi connectivity index (χ0v) is 9.32. The molecule has 0 saturated heterocycles. The molecule has 0 aliphatic heterocycles. The number of hydrogen-bond donors (Lipinski definition) is 1. The van der Waals surface area contributed by atoms with Gasteiger partial charge < -0.3 is 10.1 Å². The van der Waals surface area contributed by atoms with E-state index in [0.29, 0.717) is 12.2 Å². The highest BCUT2D eigenvalue weighted by molar-refractivity contribution is 5.88. The number of amides is 1. The van der Waals surface area contributed by atoms with E-state index in [-0.39, 0.29) is 18.3 Å². The minimum Gasteiger partial charge on any atom is -0.469 e. The number of nitrogens with zero attached hydrogens (tertiary/aromatic N) is 1. The summed E-state index contributed by atoms with van der Waals surface area (Å²) < 4.78 is 4.55. The third-order valence-electron chi connectivity index (χ3n) is 2.01. The first kappa shape index (κ1) is 12.2. The Bertz CT molecular complexity index is 391. The first-order valence-corrected chi connectivity index (χ1v) is 4.91. The zero-order valence-electron chi connectivity index (χ0n) is 9.32. The van der Waals surface area contributed by atoms with Crippen LogP contribution in [0.25, 0.3) is 0 Å². The lowest BCUT2D eigenvalue weighted by Gasteiger charge is -2.07. The Morgan fingerprint density at radius 1 is 1.50 bits per heavy atom. The second-order valence-electron chi connectivity index (χ2n) is 3.27. The van der Waals surface area contributed by atoms with Crippen LogP contribution >= 0.6 is 0 Å². The van der Waals surface area contributed by atoms with E-state index in [0.717, 1.165) is 5.56 Å². The third-order valence-corrected chi connectivity index (χ3v) is 2.01. The molecular weight excluding hydrogens is 208 g/mol. The molecule has 0 radical (unpaired) electrons. The number of pyridine rings is 1. The van der Waals surface area contributed by atoms with Gasteiger partial charge >= 0.3 is 5.97 Å². The van der Waals surface area contributed by atoms with Crippen molar-refractivity contribution >= 4 is 17.7 Å². The SMILES string of the molecule is COC(=O)CCc1cccnc1NC(C)=O. The van der Waals surface area contributed by atoms with Crippen molar-refractivity contribution in [3.05, 3.63) is 23.9 Å². The molecule has 1 N–H and O–H groups in total. The predicted octanol–water partition coefficient (Wildman–Crippen LogP) is 1.15. The molecule has 0 bridgehead atoms. The van der Waals surface area contributed by atoms with Gasteiger partial charge in [0.05, 0.1) is 7.11 Å². The third kappa shape index (κ3) is 3.68. The molecule has 1 amide bonds. The summed E-state index contributed by atoms with van der Waals surface area (Å²) >= 11 is 0. The molecule has 16 heavy (non-hydrogen) atoms. The van der Waals surface area contributed by atoms with Gasteiger partial charge in [-0.2, -0.15) is 0 Å². The number of rotatable bonds is 4. The molecule has 0 aliphatic rings. The van der Waals surface area contributed by atoms with Crippen molar-refractivity contribution in [1.29, 1.82) is 0 Å². The molecule has 1 aromatic rings. The van der Waals surface area contributed by atoms with Gasteiger partial charge in [0.2, 0.25) is 5.91 Å². The van der Waals surface area contributed by atoms with Crippen molar-refractivity contribution < 1.29 is 14.3 Å². The van der Waals surface area contributed by atoms with E-state index in [4.69, 9.17) is 0 Å². The lowest BCUT2D eigenvalue weighted by Crippen LogP contribution is -2.11. The van der Waals surface area contributed by atoms with Crippen LogP contribution in [0.1, 0.15) is 18.9 Å². The highest BCUT2D eigenvalue weighted by atomic mass is 16.5. The molecule has 0 saturated carbocycles. The average Bonchev–Trinajstić information content (AvgIpc) is 2.26. The van der Waals surface area contributed by atoms with E-state index < -0.39 is 0 Å². The molecule has 0 spiro atoms. The number of aromatic nitrogens is 1. The van der Waals surface area contributed by atoms with Gasteiger partial charge in [-0.25, -0.2) is 4.98 Å². The summed E-state index contributed by atoms with van der Waals surface area (Å²) in [5.74, 6) is 0.0366. The van der Waals surface area contributed by atoms with E-state index in [2.05, 4.69) is 15.0 Å². The molecule has 1 rings (SSSR count). The summed E-state index contributed by atoms with van der Waals surface area (Å²) in [5, 5.41) is 2.61. The number of hydrogen-bond acceptors (Lipinski definition) is 4. The maximum Gasteiger partial charge on any atom is 0.305 e. The van der Waals surface area contributed by atoms with Crippen LogP contribution in [0, 0.1) is 0 Å². The van der Waals surface area contributed by atoms with Gasteiger partial charge in [0.15, 0.2) is 0 Å². The Morgan fingerprint density at radius 3 is 2.88 bits per heavy atom. The number of aryl methyl sites for hydroxylation is 1. The van der Waals surface area contributed by atoms with Crippen molar-refractivity contribution in [3.63, 3.8) is 0 Å². The largest absolute Gasteiger partial charge is 0.469 e. The van der Waals surface area contributed by atoms with Crippen LogP contribution in [0.3, 0.4) is 0 Å². The highest BCUT2D eigenvalue weighted by Crippen LogP contribution is 2.13. The Labute approximate surface area is 93.8 Å². The second-order valence-corrected chi connectivity index (χ2v) is 3.27. The maximum absolute atomic E-state index is 11.0. The molecule has 0 aliphatic carbocycles. The molecule has 0 atom stereocenters. The topological polar surface area (TPSA) is 68.3 Å². The van der Waals surface area contributed by atoms with Gasteiger partial charge in [-0.1, -0.05) is 6.07 Å². The Hall–Kier alpha value is -1.91. The number of methoxy groups -OCH3 is 1. The average molecular weight is 222 g/mol. The molecule has 1 aromatic heterocycles. The van der Waals surface area contributed by atoms with Crippen LogP contribution in [0.4, 0.5) is 5.82 Å². The summed E-state index contributed by atoms with van der Waals surface area (Å²) in [6, 6.07) is 3.58. The summed E-state index contributed by atoms with van der Waals surface area (Å²) in [6.45, 7) is 1.42. The second kappa shape index (κ2) is 5.85. The molecule has 0 fully saturated rings. The Balaban J connectivity index is 2.70. The van der Waals surface area contributed by atoms with Crippen molar-refractivity contribution in [2.24, 2.45) is 0 Å². The van der Waals surface area contributed by atoms with E-state index in [1.807, 2.05) is 6.07 Å². The van der Waals surface area contributed by atoms with Crippen LogP contribution in [0.15, 0.2) is 18.3 Å². The number of carbonyl (C=O) groups excluding carboxylic acids is 2. The Morgan fingerprint density at radius 2 is 2.25 bits per heavy atom. The fraction of sp³-hybridized carbons (Fsp3) is 0.364. The van der Waals surface area contributed by atoms with E-state index in [1.165, 1.54) is 14.0 Å². The summed E-state index contributed by atoms with van der Waals surface area (Å²) in [4.78, 5) is 25.9. The predicted molar refractivity (Wildman–Crippen MR) is 58.9 cm³/mol. The van der Waals surface area contributed by atoms with Gasteiger partial charge in [0.25, 0.3) is 0 Å². The van der Waals surface area contributed by atoms with E-state index in [1.54, 1.807) is 12.3 Å². The number of ether oxygens (including phenoxy) is 1.